The molecule has 1 rings (SSSR count). The van der Waals surface area contributed by atoms with Crippen molar-refractivity contribution in [2.45, 2.75) is 6.42 Å². The van der Waals surface area contributed by atoms with Crippen molar-refractivity contribution in [2.75, 3.05) is 6.61 Å². The smallest absolute Gasteiger partial charge is 0.123 e. The van der Waals surface area contributed by atoms with Gasteiger partial charge in [-0.2, -0.15) is 0 Å². The fourth-order valence-electron chi connectivity index (χ4n) is 0.855. The van der Waals surface area contributed by atoms with Crippen LogP contribution in [0.1, 0.15) is 5.56 Å². The topological polar surface area (TPSA) is 20.2 Å². The van der Waals surface area contributed by atoms with Crippen LogP contribution in [0.15, 0.2) is 18.2 Å². The van der Waals surface area contributed by atoms with Crippen LogP contribution in [0.4, 0.5) is 4.39 Å². The highest BCUT2D eigenvalue weighted by Gasteiger charge is 1.99. The molecule has 60 valence electrons. The summed E-state index contributed by atoms with van der Waals surface area (Å²) in [4.78, 5) is 0. The molecule has 0 saturated heterocycles. The second kappa shape index (κ2) is 4.01. The molecule has 1 N–H and O–H groups in total. The van der Waals surface area contributed by atoms with E-state index in [4.69, 9.17) is 5.11 Å². The zero-order valence-electron chi connectivity index (χ0n) is 5.85. The molecule has 0 atom stereocenters. The lowest BCUT2D eigenvalue weighted by atomic mass is 10.2. The second-order valence-corrected chi connectivity index (χ2v) is 3.37. The minimum Gasteiger partial charge on any atom is -0.396 e. The number of aliphatic hydroxyl groups excluding tert-OH is 1. The third-order valence-corrected chi connectivity index (χ3v) is 2.44. The van der Waals surface area contributed by atoms with E-state index in [9.17, 15) is 4.39 Å². The van der Waals surface area contributed by atoms with Crippen molar-refractivity contribution in [3.8, 4) is 0 Å². The molecular formula is C8H8FIO. The highest BCUT2D eigenvalue weighted by atomic mass is 127. The van der Waals surface area contributed by atoms with Crippen LogP contribution in [0, 0.1) is 9.39 Å². The van der Waals surface area contributed by atoms with Gasteiger partial charge in [-0.15, -0.1) is 0 Å². The van der Waals surface area contributed by atoms with Gasteiger partial charge in [-0.25, -0.2) is 4.39 Å². The lowest BCUT2D eigenvalue weighted by Gasteiger charge is -2.00. The Kier molecular flexibility index (Phi) is 3.26. The molecule has 0 bridgehead atoms. The molecule has 0 spiro atoms. The van der Waals surface area contributed by atoms with Crippen molar-refractivity contribution in [2.24, 2.45) is 0 Å². The van der Waals surface area contributed by atoms with Gasteiger partial charge in [-0.05, 0) is 52.8 Å². The number of hydrogen-bond donors (Lipinski definition) is 1. The van der Waals surface area contributed by atoms with Crippen molar-refractivity contribution in [1.82, 2.24) is 0 Å². The fraction of sp³-hybridized carbons (Fsp3) is 0.250. The van der Waals surface area contributed by atoms with Crippen LogP contribution in [0.2, 0.25) is 0 Å². The molecule has 0 aliphatic carbocycles. The van der Waals surface area contributed by atoms with Gasteiger partial charge in [-0.3, -0.25) is 0 Å². The van der Waals surface area contributed by atoms with E-state index in [0.717, 1.165) is 9.13 Å². The summed E-state index contributed by atoms with van der Waals surface area (Å²) >= 11 is 2.12. The van der Waals surface area contributed by atoms with Crippen molar-refractivity contribution in [3.63, 3.8) is 0 Å². The van der Waals surface area contributed by atoms with Crippen LogP contribution in [0.5, 0.6) is 0 Å². The van der Waals surface area contributed by atoms with Gasteiger partial charge in [0.1, 0.15) is 5.82 Å². The summed E-state index contributed by atoms with van der Waals surface area (Å²) in [7, 11) is 0. The van der Waals surface area contributed by atoms with Crippen LogP contribution in [0.3, 0.4) is 0 Å². The Bertz CT molecular complexity index is 250. The van der Waals surface area contributed by atoms with E-state index in [1.807, 2.05) is 0 Å². The van der Waals surface area contributed by atoms with E-state index in [1.165, 1.54) is 12.1 Å². The summed E-state index contributed by atoms with van der Waals surface area (Å²) in [6, 6.07) is 4.58. The quantitative estimate of drug-likeness (QED) is 0.811. The largest absolute Gasteiger partial charge is 0.396 e. The first-order valence-corrected chi connectivity index (χ1v) is 4.36. The molecule has 0 heterocycles. The number of halogens is 2. The summed E-state index contributed by atoms with van der Waals surface area (Å²) in [6.07, 6.45) is 0.524. The molecule has 11 heavy (non-hydrogen) atoms. The predicted octanol–water partition coefficient (Wildman–Crippen LogP) is 1.97. The fourth-order valence-corrected chi connectivity index (χ4v) is 1.46. The molecule has 0 saturated carbocycles. The molecule has 1 aromatic carbocycles. The van der Waals surface area contributed by atoms with Crippen LogP contribution in [-0.2, 0) is 6.42 Å². The van der Waals surface area contributed by atoms with Gasteiger partial charge in [-0.1, -0.05) is 0 Å². The molecular weight excluding hydrogens is 258 g/mol. The van der Waals surface area contributed by atoms with Gasteiger partial charge in [0.15, 0.2) is 0 Å². The summed E-state index contributed by atoms with van der Waals surface area (Å²) in [5.41, 5.74) is 0.869. The summed E-state index contributed by atoms with van der Waals surface area (Å²) in [5.74, 6) is -0.242. The number of benzene rings is 1. The van der Waals surface area contributed by atoms with Crippen molar-refractivity contribution < 1.29 is 9.50 Å². The van der Waals surface area contributed by atoms with E-state index >= 15 is 0 Å². The Hall–Kier alpha value is -0.160. The lowest BCUT2D eigenvalue weighted by Crippen LogP contribution is -1.94. The van der Waals surface area contributed by atoms with Crippen LogP contribution >= 0.6 is 22.6 Å². The summed E-state index contributed by atoms with van der Waals surface area (Å²) in [5, 5.41) is 8.61. The highest BCUT2D eigenvalue weighted by Crippen LogP contribution is 2.13. The first-order chi connectivity index (χ1) is 5.24. The molecule has 0 unspecified atom stereocenters. The van der Waals surface area contributed by atoms with E-state index in [2.05, 4.69) is 22.6 Å². The van der Waals surface area contributed by atoms with Gasteiger partial charge >= 0.3 is 0 Å². The Morgan fingerprint density at radius 1 is 1.45 bits per heavy atom. The van der Waals surface area contributed by atoms with Gasteiger partial charge in [0.2, 0.25) is 0 Å². The highest BCUT2D eigenvalue weighted by molar-refractivity contribution is 14.1. The van der Waals surface area contributed by atoms with Crippen molar-refractivity contribution >= 4 is 22.6 Å². The third kappa shape index (κ3) is 2.41. The first kappa shape index (κ1) is 8.93. The number of aliphatic hydroxyl groups is 1. The minimum atomic E-state index is -0.242. The van der Waals surface area contributed by atoms with Gasteiger partial charge in [0.05, 0.1) is 0 Å². The number of rotatable bonds is 2. The summed E-state index contributed by atoms with van der Waals surface area (Å²) < 4.78 is 13.6. The maximum atomic E-state index is 12.6. The number of hydrogen-bond acceptors (Lipinski definition) is 1. The molecule has 0 radical (unpaired) electrons. The van der Waals surface area contributed by atoms with Gasteiger partial charge < -0.3 is 5.11 Å². The van der Waals surface area contributed by atoms with E-state index in [0.29, 0.717) is 6.42 Å². The van der Waals surface area contributed by atoms with Crippen molar-refractivity contribution in [1.29, 1.82) is 0 Å². The molecule has 0 aliphatic rings. The Labute approximate surface area is 78.4 Å². The summed E-state index contributed by atoms with van der Waals surface area (Å²) in [6.45, 7) is 0.0689. The molecule has 0 fully saturated rings. The second-order valence-electron chi connectivity index (χ2n) is 2.21. The Morgan fingerprint density at radius 2 is 2.18 bits per heavy atom. The Balaban J connectivity index is 2.93. The standard InChI is InChI=1S/C8H8FIO/c9-7-1-2-8(10)6(5-7)3-4-11/h1-2,5,11H,3-4H2. The monoisotopic (exact) mass is 266 g/mol. The third-order valence-electron chi connectivity index (χ3n) is 1.39. The molecule has 0 amide bonds. The molecule has 1 nitrogen and oxygen atoms in total. The first-order valence-electron chi connectivity index (χ1n) is 3.29. The minimum absolute atomic E-state index is 0.0689. The predicted molar refractivity (Wildman–Crippen MR) is 49.9 cm³/mol. The van der Waals surface area contributed by atoms with Crippen molar-refractivity contribution in [3.05, 3.63) is 33.1 Å². The van der Waals surface area contributed by atoms with E-state index < -0.39 is 0 Å². The maximum absolute atomic E-state index is 12.6. The van der Waals surface area contributed by atoms with E-state index in [1.54, 1.807) is 6.07 Å². The normalized spacial score (nSPS) is 10.1. The molecule has 1 aromatic rings. The maximum Gasteiger partial charge on any atom is 0.123 e. The molecule has 0 aliphatic heterocycles. The zero-order chi connectivity index (χ0) is 8.27. The molecule has 3 heteroatoms. The molecule has 0 aromatic heterocycles. The average molecular weight is 266 g/mol. The van der Waals surface area contributed by atoms with Crippen LogP contribution in [0.25, 0.3) is 0 Å². The zero-order valence-corrected chi connectivity index (χ0v) is 8.01. The Morgan fingerprint density at radius 3 is 2.82 bits per heavy atom. The van der Waals surface area contributed by atoms with Gasteiger partial charge in [0, 0.05) is 10.2 Å². The lowest BCUT2D eigenvalue weighted by molar-refractivity contribution is 0.299. The van der Waals surface area contributed by atoms with E-state index in [-0.39, 0.29) is 12.4 Å². The van der Waals surface area contributed by atoms with Crippen LogP contribution in [-0.4, -0.2) is 11.7 Å². The average Bonchev–Trinajstić information content (AvgIpc) is 1.98. The SMILES string of the molecule is OCCc1cc(F)ccc1I. The van der Waals surface area contributed by atoms with Gasteiger partial charge in [0.25, 0.3) is 0 Å². The van der Waals surface area contributed by atoms with Crippen LogP contribution < -0.4 is 0 Å².